The summed E-state index contributed by atoms with van der Waals surface area (Å²) in [6, 6.07) is 3.24. The third kappa shape index (κ3) is 2.17. The van der Waals surface area contributed by atoms with Crippen LogP contribution >= 0.6 is 0 Å². The molecule has 0 radical (unpaired) electrons. The lowest BCUT2D eigenvalue weighted by Gasteiger charge is -2.03. The molecular formula is C10H10N6O2. The van der Waals surface area contributed by atoms with E-state index in [0.29, 0.717) is 11.6 Å². The van der Waals surface area contributed by atoms with E-state index in [1.807, 2.05) is 0 Å². The molecule has 18 heavy (non-hydrogen) atoms. The van der Waals surface area contributed by atoms with Crippen molar-refractivity contribution in [3.05, 3.63) is 23.9 Å². The first-order valence-corrected chi connectivity index (χ1v) is 4.92. The summed E-state index contributed by atoms with van der Waals surface area (Å²) in [6.45, 7) is 0. The molecule has 0 spiro atoms. The Labute approximate surface area is 102 Å². The van der Waals surface area contributed by atoms with Crippen LogP contribution in [0.25, 0.3) is 11.5 Å². The van der Waals surface area contributed by atoms with Gasteiger partial charge in [0.05, 0.1) is 12.7 Å². The molecule has 0 unspecified atom stereocenters. The third-order valence-electron chi connectivity index (χ3n) is 2.16. The molecule has 0 fully saturated rings. The van der Waals surface area contributed by atoms with Gasteiger partial charge in [-0.3, -0.25) is 4.79 Å². The first kappa shape index (κ1) is 11.7. The molecule has 2 aromatic rings. The minimum Gasteiger partial charge on any atom is -0.480 e. The molecule has 0 saturated heterocycles. The number of methoxy groups -OCH3 is 1. The number of aromatic nitrogens is 4. The molecule has 2 heterocycles. The zero-order valence-electron chi connectivity index (χ0n) is 9.49. The third-order valence-corrected chi connectivity index (χ3v) is 2.16. The molecule has 2 aromatic heterocycles. The zero-order chi connectivity index (χ0) is 13.1. The van der Waals surface area contributed by atoms with Crippen LogP contribution < -0.4 is 16.2 Å². The first-order chi connectivity index (χ1) is 8.61. The van der Waals surface area contributed by atoms with Crippen LogP contribution in [-0.2, 0) is 0 Å². The number of nitrogens with two attached hydrogens (primary N) is 2. The van der Waals surface area contributed by atoms with E-state index in [1.54, 1.807) is 12.1 Å². The monoisotopic (exact) mass is 246 g/mol. The van der Waals surface area contributed by atoms with Crippen LogP contribution in [0.2, 0.25) is 0 Å². The maximum atomic E-state index is 11.0. The molecule has 0 atom stereocenters. The molecule has 2 rings (SSSR count). The van der Waals surface area contributed by atoms with Crippen molar-refractivity contribution in [2.75, 3.05) is 12.8 Å². The number of amides is 1. The van der Waals surface area contributed by atoms with Gasteiger partial charge < -0.3 is 16.2 Å². The largest absolute Gasteiger partial charge is 0.480 e. The minimum absolute atomic E-state index is 0.00474. The van der Waals surface area contributed by atoms with Crippen LogP contribution in [0.5, 0.6) is 5.88 Å². The van der Waals surface area contributed by atoms with E-state index in [0.717, 1.165) is 0 Å². The fourth-order valence-electron chi connectivity index (χ4n) is 1.26. The van der Waals surface area contributed by atoms with Gasteiger partial charge in [-0.25, -0.2) is 9.97 Å². The number of primary amides is 1. The summed E-state index contributed by atoms with van der Waals surface area (Å²) >= 11 is 0. The van der Waals surface area contributed by atoms with Gasteiger partial charge in [-0.05, 0) is 6.07 Å². The molecule has 0 aliphatic heterocycles. The number of hydrogen-bond donors (Lipinski definition) is 2. The van der Waals surface area contributed by atoms with Crippen LogP contribution in [-0.4, -0.2) is 33.2 Å². The summed E-state index contributed by atoms with van der Waals surface area (Å²) in [5, 5.41) is 7.64. The average molecular weight is 246 g/mol. The standard InChI is InChI=1S/C10H10N6O2/c1-18-7-3-2-6(15-16-7)10-13-4-5(9(12)17)8(11)14-10/h2-4H,1H3,(H2,12,17)(H2,11,13,14). The van der Waals surface area contributed by atoms with E-state index in [9.17, 15) is 4.79 Å². The van der Waals surface area contributed by atoms with Crippen molar-refractivity contribution in [2.24, 2.45) is 5.73 Å². The Bertz CT molecular complexity index is 583. The van der Waals surface area contributed by atoms with E-state index >= 15 is 0 Å². The number of hydrogen-bond acceptors (Lipinski definition) is 7. The Hall–Kier alpha value is -2.77. The summed E-state index contributed by atoms with van der Waals surface area (Å²) in [6.07, 6.45) is 1.26. The van der Waals surface area contributed by atoms with Gasteiger partial charge in [0, 0.05) is 12.3 Å². The topological polar surface area (TPSA) is 130 Å². The smallest absolute Gasteiger partial charge is 0.254 e. The minimum atomic E-state index is -0.681. The lowest BCUT2D eigenvalue weighted by atomic mass is 10.3. The van der Waals surface area contributed by atoms with E-state index in [1.165, 1.54) is 13.3 Å². The van der Waals surface area contributed by atoms with Gasteiger partial charge in [0.25, 0.3) is 5.91 Å². The van der Waals surface area contributed by atoms with Crippen molar-refractivity contribution in [2.45, 2.75) is 0 Å². The second-order valence-corrected chi connectivity index (χ2v) is 3.32. The van der Waals surface area contributed by atoms with Crippen molar-refractivity contribution in [3.63, 3.8) is 0 Å². The highest BCUT2D eigenvalue weighted by Crippen LogP contribution is 2.16. The van der Waals surface area contributed by atoms with Crippen molar-refractivity contribution < 1.29 is 9.53 Å². The van der Waals surface area contributed by atoms with Crippen molar-refractivity contribution in [1.82, 2.24) is 20.2 Å². The van der Waals surface area contributed by atoms with Crippen LogP contribution in [0.1, 0.15) is 10.4 Å². The summed E-state index contributed by atoms with van der Waals surface area (Å²) in [5.74, 6) is -0.0434. The SMILES string of the molecule is COc1ccc(-c2ncc(C(N)=O)c(N)n2)nn1. The first-order valence-electron chi connectivity index (χ1n) is 4.92. The van der Waals surface area contributed by atoms with Gasteiger partial charge >= 0.3 is 0 Å². The Balaban J connectivity index is 2.39. The average Bonchev–Trinajstić information content (AvgIpc) is 2.38. The molecule has 0 saturated carbocycles. The van der Waals surface area contributed by atoms with Crippen molar-refractivity contribution in [1.29, 1.82) is 0 Å². The lowest BCUT2D eigenvalue weighted by molar-refractivity contribution is 0.100. The predicted octanol–water partition coefficient (Wildman–Crippen LogP) is -0.377. The van der Waals surface area contributed by atoms with Gasteiger partial charge in [0.1, 0.15) is 11.5 Å². The molecule has 0 aliphatic rings. The van der Waals surface area contributed by atoms with Crippen molar-refractivity contribution >= 4 is 11.7 Å². The maximum absolute atomic E-state index is 11.0. The fourth-order valence-corrected chi connectivity index (χ4v) is 1.26. The lowest BCUT2D eigenvalue weighted by Crippen LogP contribution is -2.15. The van der Waals surface area contributed by atoms with Crippen LogP contribution in [0, 0.1) is 0 Å². The number of anilines is 1. The molecular weight excluding hydrogens is 236 g/mol. The molecule has 8 nitrogen and oxygen atoms in total. The number of carbonyl (C=O) groups excluding carboxylic acids is 1. The Morgan fingerprint density at radius 1 is 1.33 bits per heavy atom. The maximum Gasteiger partial charge on any atom is 0.254 e. The summed E-state index contributed by atoms with van der Waals surface area (Å²) in [5.41, 5.74) is 11.2. The Kier molecular flexibility index (Phi) is 3.00. The van der Waals surface area contributed by atoms with E-state index in [2.05, 4.69) is 20.2 Å². The van der Waals surface area contributed by atoms with Gasteiger partial charge in [-0.2, -0.15) is 0 Å². The molecule has 4 N–H and O–H groups in total. The van der Waals surface area contributed by atoms with Gasteiger partial charge in [0.2, 0.25) is 5.88 Å². The second kappa shape index (κ2) is 4.62. The Morgan fingerprint density at radius 3 is 2.61 bits per heavy atom. The number of nitrogen functional groups attached to an aromatic ring is 1. The van der Waals surface area contributed by atoms with Crippen LogP contribution in [0.4, 0.5) is 5.82 Å². The van der Waals surface area contributed by atoms with E-state index < -0.39 is 5.91 Å². The second-order valence-electron chi connectivity index (χ2n) is 3.32. The normalized spacial score (nSPS) is 10.1. The highest BCUT2D eigenvalue weighted by Gasteiger charge is 2.11. The highest BCUT2D eigenvalue weighted by molar-refractivity contribution is 5.96. The van der Waals surface area contributed by atoms with E-state index in [4.69, 9.17) is 16.2 Å². The Morgan fingerprint density at radius 2 is 2.11 bits per heavy atom. The fraction of sp³-hybridized carbons (Fsp3) is 0.100. The number of carbonyl (C=O) groups is 1. The number of ether oxygens (including phenoxy) is 1. The molecule has 0 aliphatic carbocycles. The molecule has 0 aromatic carbocycles. The molecule has 92 valence electrons. The summed E-state index contributed by atoms with van der Waals surface area (Å²) in [4.78, 5) is 18.9. The van der Waals surface area contributed by atoms with Gasteiger partial charge in [-0.15, -0.1) is 10.2 Å². The molecule has 8 heteroatoms. The van der Waals surface area contributed by atoms with Crippen LogP contribution in [0.3, 0.4) is 0 Å². The predicted molar refractivity (Wildman–Crippen MR) is 62.5 cm³/mol. The van der Waals surface area contributed by atoms with E-state index in [-0.39, 0.29) is 17.2 Å². The molecule has 1 amide bonds. The van der Waals surface area contributed by atoms with Gasteiger partial charge in [0.15, 0.2) is 5.82 Å². The zero-order valence-corrected chi connectivity index (χ0v) is 9.49. The number of nitrogens with zero attached hydrogens (tertiary/aromatic N) is 4. The highest BCUT2D eigenvalue weighted by atomic mass is 16.5. The van der Waals surface area contributed by atoms with Crippen LogP contribution in [0.15, 0.2) is 18.3 Å². The van der Waals surface area contributed by atoms with Crippen molar-refractivity contribution in [3.8, 4) is 17.4 Å². The summed E-state index contributed by atoms with van der Waals surface area (Å²) in [7, 11) is 1.49. The summed E-state index contributed by atoms with van der Waals surface area (Å²) < 4.78 is 4.88. The van der Waals surface area contributed by atoms with Gasteiger partial charge in [-0.1, -0.05) is 0 Å². The quantitative estimate of drug-likeness (QED) is 0.754. The number of rotatable bonds is 3. The molecule has 0 bridgehead atoms.